The van der Waals surface area contributed by atoms with Crippen molar-refractivity contribution in [2.75, 3.05) is 18.5 Å². The number of anilines is 1. The van der Waals surface area contributed by atoms with Gasteiger partial charge in [-0.05, 0) is 24.5 Å². The highest BCUT2D eigenvalue weighted by Crippen LogP contribution is 2.34. The topological polar surface area (TPSA) is 47.2 Å². The summed E-state index contributed by atoms with van der Waals surface area (Å²) < 4.78 is 2.86. The maximum absolute atomic E-state index is 12.5. The van der Waals surface area contributed by atoms with Gasteiger partial charge in [-0.1, -0.05) is 30.0 Å². The lowest BCUT2D eigenvalue weighted by molar-refractivity contribution is 0.626. The summed E-state index contributed by atoms with van der Waals surface area (Å²) in [6.45, 7) is 3.09. The smallest absolute Gasteiger partial charge is 0.331 e. The fourth-order valence-corrected chi connectivity index (χ4v) is 3.63. The van der Waals surface area contributed by atoms with Crippen LogP contribution in [-0.2, 0) is 13.6 Å². The van der Waals surface area contributed by atoms with Crippen molar-refractivity contribution < 1.29 is 0 Å². The second kappa shape index (κ2) is 6.12. The molecule has 23 heavy (non-hydrogen) atoms. The van der Waals surface area contributed by atoms with Crippen LogP contribution in [0.5, 0.6) is 0 Å². The molecule has 1 aliphatic rings. The summed E-state index contributed by atoms with van der Waals surface area (Å²) in [5.74, 6) is 0. The second-order valence-corrected chi connectivity index (χ2v) is 6.46. The minimum Gasteiger partial charge on any atom is -0.364 e. The van der Waals surface area contributed by atoms with Crippen LogP contribution < -0.4 is 16.1 Å². The molecule has 3 rings (SSSR count). The maximum atomic E-state index is 12.5. The summed E-state index contributed by atoms with van der Waals surface area (Å²) in [6.07, 6.45) is 0. The highest BCUT2D eigenvalue weighted by atomic mass is 32.2. The molecular weight excluding hydrogens is 310 g/mol. The van der Waals surface area contributed by atoms with E-state index in [1.54, 1.807) is 16.3 Å². The molecule has 2 heterocycles. The van der Waals surface area contributed by atoms with Gasteiger partial charge in [-0.3, -0.25) is 13.9 Å². The fourth-order valence-electron chi connectivity index (χ4n) is 2.86. The van der Waals surface area contributed by atoms with E-state index in [9.17, 15) is 9.59 Å². The molecule has 0 saturated carbocycles. The van der Waals surface area contributed by atoms with Crippen LogP contribution in [0.25, 0.3) is 5.57 Å². The van der Waals surface area contributed by atoms with Crippen molar-refractivity contribution in [3.05, 3.63) is 62.3 Å². The lowest BCUT2D eigenvalue weighted by Gasteiger charge is -2.14. The van der Waals surface area contributed by atoms with Gasteiger partial charge in [0, 0.05) is 37.7 Å². The predicted octanol–water partition coefficient (Wildman–Crippen LogP) is 2.15. The lowest BCUT2D eigenvalue weighted by Crippen LogP contribution is -2.40. The first-order chi connectivity index (χ1) is 11.0. The van der Waals surface area contributed by atoms with Crippen LogP contribution in [0.15, 0.2) is 50.2 Å². The molecule has 0 unspecified atom stereocenters. The number of nitrogens with zero attached hydrogens (tertiary/aromatic N) is 3. The van der Waals surface area contributed by atoms with E-state index >= 15 is 0 Å². The Morgan fingerprint density at radius 2 is 1.87 bits per heavy atom. The number of fused-ring (bicyclic) bond motifs is 1. The van der Waals surface area contributed by atoms with Crippen molar-refractivity contribution in [3.63, 3.8) is 0 Å². The van der Waals surface area contributed by atoms with Gasteiger partial charge in [0.05, 0.1) is 5.69 Å². The average molecular weight is 329 g/mol. The summed E-state index contributed by atoms with van der Waals surface area (Å²) in [5.41, 5.74) is 1.88. The molecule has 5 nitrogen and oxygen atoms in total. The average Bonchev–Trinajstić information content (AvgIpc) is 2.89. The molecule has 0 amide bonds. The molecule has 0 atom stereocenters. The Kier molecular flexibility index (Phi) is 4.17. The van der Waals surface area contributed by atoms with Gasteiger partial charge in [-0.2, -0.15) is 0 Å². The van der Waals surface area contributed by atoms with Crippen molar-refractivity contribution in [2.24, 2.45) is 7.05 Å². The van der Waals surface area contributed by atoms with E-state index in [-0.39, 0.29) is 11.2 Å². The predicted molar refractivity (Wildman–Crippen MR) is 95.2 cm³/mol. The van der Waals surface area contributed by atoms with Crippen LogP contribution in [0, 0.1) is 0 Å². The first-order valence-corrected chi connectivity index (χ1v) is 8.38. The van der Waals surface area contributed by atoms with E-state index in [2.05, 4.69) is 0 Å². The van der Waals surface area contributed by atoms with Crippen LogP contribution >= 0.6 is 11.8 Å². The van der Waals surface area contributed by atoms with Crippen molar-refractivity contribution in [3.8, 4) is 0 Å². The third-order valence-electron chi connectivity index (χ3n) is 4.01. The molecule has 0 saturated heterocycles. The summed E-state index contributed by atoms with van der Waals surface area (Å²) in [4.78, 5) is 27.9. The quantitative estimate of drug-likeness (QED) is 0.810. The number of hydrogen-bond acceptors (Lipinski definition) is 4. The van der Waals surface area contributed by atoms with E-state index in [1.807, 2.05) is 54.6 Å². The molecule has 6 heteroatoms. The maximum Gasteiger partial charge on any atom is 0.331 e. The monoisotopic (exact) mass is 329 g/mol. The van der Waals surface area contributed by atoms with Crippen LogP contribution in [-0.4, -0.2) is 22.7 Å². The van der Waals surface area contributed by atoms with Crippen molar-refractivity contribution >= 4 is 23.0 Å². The number of aromatic nitrogens is 2. The Bertz CT molecular complexity index is 881. The van der Waals surface area contributed by atoms with E-state index in [1.165, 1.54) is 11.6 Å². The number of likely N-dealkylation sites (N-methyl/N-ethyl adjacent to an activating group) is 1. The third kappa shape index (κ3) is 2.63. The van der Waals surface area contributed by atoms with Crippen LogP contribution in [0.2, 0.25) is 0 Å². The largest absolute Gasteiger partial charge is 0.364 e. The standard InChI is InChI=1S/C17H19N3O2S/c1-4-20-14-12(11-23-13-8-6-5-7-9-13)10-18(2)15(14)16(21)19(3)17(20)22/h5-9,11H,4,10H2,1-3H3/b12-11+. The fraction of sp³-hybridized carbons (Fsp3) is 0.294. The second-order valence-electron chi connectivity index (χ2n) is 5.52. The first kappa shape index (κ1) is 15.7. The van der Waals surface area contributed by atoms with Crippen molar-refractivity contribution in [1.29, 1.82) is 0 Å². The van der Waals surface area contributed by atoms with E-state index in [4.69, 9.17) is 0 Å². The zero-order chi connectivity index (χ0) is 16.6. The Balaban J connectivity index is 2.13. The van der Waals surface area contributed by atoms with Crippen LogP contribution in [0.4, 0.5) is 5.69 Å². The Hall–Kier alpha value is -2.21. The Morgan fingerprint density at radius 1 is 1.17 bits per heavy atom. The zero-order valence-electron chi connectivity index (χ0n) is 13.4. The van der Waals surface area contributed by atoms with Gasteiger partial charge in [0.1, 0.15) is 5.69 Å². The van der Waals surface area contributed by atoms with Gasteiger partial charge in [0.2, 0.25) is 0 Å². The molecule has 1 aromatic carbocycles. The molecule has 0 radical (unpaired) electrons. The SMILES string of the molecule is CCn1c2c(c(=O)n(C)c1=O)N(C)C/C2=C\Sc1ccccc1. The Morgan fingerprint density at radius 3 is 2.52 bits per heavy atom. The summed E-state index contributed by atoms with van der Waals surface area (Å²) >= 11 is 1.61. The zero-order valence-corrected chi connectivity index (χ0v) is 14.3. The number of benzene rings is 1. The Labute approximate surface area is 138 Å². The van der Waals surface area contributed by atoms with Gasteiger partial charge >= 0.3 is 5.69 Å². The minimum absolute atomic E-state index is 0.231. The number of thioether (sulfide) groups is 1. The first-order valence-electron chi connectivity index (χ1n) is 7.50. The van der Waals surface area contributed by atoms with Crippen molar-refractivity contribution in [2.45, 2.75) is 18.4 Å². The highest BCUT2D eigenvalue weighted by Gasteiger charge is 2.29. The van der Waals surface area contributed by atoms with Gasteiger partial charge in [-0.15, -0.1) is 0 Å². The van der Waals surface area contributed by atoms with Crippen LogP contribution in [0.1, 0.15) is 12.6 Å². The molecule has 0 bridgehead atoms. The summed E-state index contributed by atoms with van der Waals surface area (Å²) in [5, 5.41) is 2.04. The molecule has 0 aliphatic carbocycles. The van der Waals surface area contributed by atoms with Gasteiger partial charge in [0.15, 0.2) is 0 Å². The van der Waals surface area contributed by atoms with Crippen molar-refractivity contribution in [1.82, 2.24) is 9.13 Å². The molecule has 1 aromatic heterocycles. The van der Waals surface area contributed by atoms with E-state index in [0.717, 1.165) is 16.2 Å². The number of rotatable bonds is 3. The van der Waals surface area contributed by atoms with Crippen LogP contribution in [0.3, 0.4) is 0 Å². The van der Waals surface area contributed by atoms with Gasteiger partial charge in [-0.25, -0.2) is 4.79 Å². The summed E-state index contributed by atoms with van der Waals surface area (Å²) in [6, 6.07) is 10.0. The molecule has 120 valence electrons. The summed E-state index contributed by atoms with van der Waals surface area (Å²) in [7, 11) is 3.42. The third-order valence-corrected chi connectivity index (χ3v) is 4.96. The van der Waals surface area contributed by atoms with E-state index in [0.29, 0.717) is 18.8 Å². The molecular formula is C17H19N3O2S. The molecule has 2 aromatic rings. The van der Waals surface area contributed by atoms with E-state index < -0.39 is 0 Å². The lowest BCUT2D eigenvalue weighted by atomic mass is 10.2. The molecule has 1 aliphatic heterocycles. The van der Waals surface area contributed by atoms with Gasteiger partial charge in [0.25, 0.3) is 5.56 Å². The normalized spacial score (nSPS) is 15.3. The molecule has 0 fully saturated rings. The van der Waals surface area contributed by atoms with Gasteiger partial charge < -0.3 is 4.90 Å². The number of hydrogen-bond donors (Lipinski definition) is 0. The molecule has 0 N–H and O–H groups in total. The minimum atomic E-state index is -0.262. The molecule has 0 spiro atoms. The highest BCUT2D eigenvalue weighted by molar-refractivity contribution is 8.02.